The van der Waals surface area contributed by atoms with Gasteiger partial charge in [-0.2, -0.15) is 3.89 Å². The van der Waals surface area contributed by atoms with Crippen molar-refractivity contribution < 1.29 is 8.62 Å². The minimum Gasteiger partial charge on any atom is -0.489 e. The molecule has 0 radical (unpaired) electrons. The van der Waals surface area contributed by atoms with Crippen LogP contribution in [-0.4, -0.2) is 24.2 Å². The molecule has 1 aromatic rings. The van der Waals surface area contributed by atoms with Crippen LogP contribution < -0.4 is 10.1 Å². The number of ether oxygens (including phenoxy) is 1. The summed E-state index contributed by atoms with van der Waals surface area (Å²) in [5.41, 5.74) is 0. The molecule has 1 aromatic heterocycles. The first-order chi connectivity index (χ1) is 7.81. The van der Waals surface area contributed by atoms with E-state index in [1.165, 1.54) is 6.42 Å². The van der Waals surface area contributed by atoms with E-state index in [1.807, 2.05) is 0 Å². The first-order valence-electron chi connectivity index (χ1n) is 5.41. The molecular formula is C11H15FN2OS. The fourth-order valence-electron chi connectivity index (χ4n) is 1.85. The number of halogens is 1. The van der Waals surface area contributed by atoms with Crippen LogP contribution in [0.2, 0.25) is 0 Å². The van der Waals surface area contributed by atoms with Gasteiger partial charge in [0.2, 0.25) is 0 Å². The van der Waals surface area contributed by atoms with Gasteiger partial charge in [0, 0.05) is 12.2 Å². The molecule has 1 aliphatic heterocycles. The Labute approximate surface area is 99.1 Å². The van der Waals surface area contributed by atoms with Crippen molar-refractivity contribution in [3.63, 3.8) is 0 Å². The van der Waals surface area contributed by atoms with E-state index in [1.54, 1.807) is 18.3 Å². The predicted molar refractivity (Wildman–Crippen MR) is 62.3 cm³/mol. The van der Waals surface area contributed by atoms with E-state index >= 15 is 0 Å². The molecule has 0 aromatic carbocycles. The Bertz CT molecular complexity index is 351. The van der Waals surface area contributed by atoms with Gasteiger partial charge in [0.15, 0.2) is 10.8 Å². The molecule has 2 heterocycles. The van der Waals surface area contributed by atoms with Crippen LogP contribution in [0.15, 0.2) is 23.4 Å². The molecule has 1 saturated heterocycles. The second-order valence-corrected chi connectivity index (χ2v) is 4.56. The zero-order valence-corrected chi connectivity index (χ0v) is 9.97. The summed E-state index contributed by atoms with van der Waals surface area (Å²) in [6, 6.07) is 3.85. The lowest BCUT2D eigenvalue weighted by Gasteiger charge is -2.16. The Balaban J connectivity index is 1.93. The number of nitrogens with zero attached hydrogens (tertiary/aromatic N) is 1. The van der Waals surface area contributed by atoms with E-state index in [2.05, 4.69) is 17.2 Å². The molecule has 1 fully saturated rings. The molecule has 0 aliphatic carbocycles. The number of nitrogens with one attached hydrogen (secondary N) is 1. The topological polar surface area (TPSA) is 34.1 Å². The third kappa shape index (κ3) is 2.65. The quantitative estimate of drug-likeness (QED) is 0.879. The lowest BCUT2D eigenvalue weighted by molar-refractivity contribution is 0.247. The van der Waals surface area contributed by atoms with Gasteiger partial charge >= 0.3 is 0 Å². The molecule has 0 spiro atoms. The van der Waals surface area contributed by atoms with E-state index in [4.69, 9.17) is 4.74 Å². The van der Waals surface area contributed by atoms with Crippen molar-refractivity contribution in [3.8, 4) is 5.75 Å². The Morgan fingerprint density at radius 3 is 3.25 bits per heavy atom. The first kappa shape index (κ1) is 11.7. The van der Waals surface area contributed by atoms with Gasteiger partial charge < -0.3 is 10.1 Å². The lowest BCUT2D eigenvalue weighted by atomic mass is 10.0. The molecule has 3 nitrogen and oxygen atoms in total. The molecule has 2 rings (SSSR count). The van der Waals surface area contributed by atoms with Crippen molar-refractivity contribution >= 4 is 12.1 Å². The summed E-state index contributed by atoms with van der Waals surface area (Å²) in [7, 11) is 0. The highest BCUT2D eigenvalue weighted by Gasteiger charge is 2.23. The molecule has 0 amide bonds. The summed E-state index contributed by atoms with van der Waals surface area (Å²) in [4.78, 5) is 3.90. The van der Waals surface area contributed by atoms with Gasteiger partial charge in [-0.15, -0.1) is 0 Å². The van der Waals surface area contributed by atoms with E-state index in [0.717, 1.165) is 6.54 Å². The molecule has 1 N–H and O–H groups in total. The van der Waals surface area contributed by atoms with Gasteiger partial charge in [-0.05, 0) is 31.0 Å². The van der Waals surface area contributed by atoms with Crippen molar-refractivity contribution in [2.45, 2.75) is 24.4 Å². The standard InChI is InChI=1S/C11H15FN2OS/c1-8-4-6-13-9(8)7-15-10-3-2-5-14-11(10)16-12/h2-3,5,8-9,13H,4,6-7H2,1H3/t8?,9-/m1/s1. The van der Waals surface area contributed by atoms with E-state index in [9.17, 15) is 3.89 Å². The number of rotatable bonds is 4. The minimum atomic E-state index is 0.122. The number of hydrogen-bond acceptors (Lipinski definition) is 4. The number of aromatic nitrogens is 1. The van der Waals surface area contributed by atoms with Crippen LogP contribution in [0.25, 0.3) is 0 Å². The average molecular weight is 242 g/mol. The van der Waals surface area contributed by atoms with Gasteiger partial charge in [-0.1, -0.05) is 6.92 Å². The SMILES string of the molecule is CC1CCN[C@@H]1COc1cccnc1SF. The molecule has 16 heavy (non-hydrogen) atoms. The average Bonchev–Trinajstić information content (AvgIpc) is 2.72. The Morgan fingerprint density at radius 1 is 1.69 bits per heavy atom. The zero-order valence-electron chi connectivity index (χ0n) is 9.15. The second kappa shape index (κ2) is 5.50. The van der Waals surface area contributed by atoms with Crippen LogP contribution in [-0.2, 0) is 0 Å². The Hall–Kier alpha value is -0.810. The molecule has 2 atom stereocenters. The predicted octanol–water partition coefficient (Wildman–Crippen LogP) is 2.44. The van der Waals surface area contributed by atoms with Crippen LogP contribution in [0.3, 0.4) is 0 Å². The van der Waals surface area contributed by atoms with Crippen molar-refractivity contribution in [2.24, 2.45) is 5.92 Å². The van der Waals surface area contributed by atoms with Crippen molar-refractivity contribution in [1.82, 2.24) is 10.3 Å². The maximum absolute atomic E-state index is 12.5. The maximum atomic E-state index is 12.5. The summed E-state index contributed by atoms with van der Waals surface area (Å²) in [6.45, 7) is 3.80. The van der Waals surface area contributed by atoms with Crippen LogP contribution in [0, 0.1) is 5.92 Å². The van der Waals surface area contributed by atoms with Crippen LogP contribution in [0.1, 0.15) is 13.3 Å². The molecular weight excluding hydrogens is 227 g/mol. The van der Waals surface area contributed by atoms with Crippen molar-refractivity contribution in [3.05, 3.63) is 18.3 Å². The van der Waals surface area contributed by atoms with Gasteiger partial charge in [-0.25, -0.2) is 4.98 Å². The van der Waals surface area contributed by atoms with Crippen molar-refractivity contribution in [2.75, 3.05) is 13.2 Å². The van der Waals surface area contributed by atoms with Gasteiger partial charge in [0.25, 0.3) is 0 Å². The second-order valence-electron chi connectivity index (χ2n) is 4.02. The molecule has 0 bridgehead atoms. The summed E-state index contributed by atoms with van der Waals surface area (Å²) in [5.74, 6) is 1.13. The monoisotopic (exact) mass is 242 g/mol. The van der Waals surface area contributed by atoms with E-state index < -0.39 is 0 Å². The number of pyridine rings is 1. The minimum absolute atomic E-state index is 0.122. The summed E-state index contributed by atoms with van der Waals surface area (Å²) in [5, 5.41) is 3.67. The Morgan fingerprint density at radius 2 is 2.56 bits per heavy atom. The summed E-state index contributed by atoms with van der Waals surface area (Å²) < 4.78 is 18.1. The summed E-state index contributed by atoms with van der Waals surface area (Å²) >= 11 is 0.122. The van der Waals surface area contributed by atoms with Crippen LogP contribution in [0.4, 0.5) is 3.89 Å². The third-order valence-corrected chi connectivity index (χ3v) is 3.37. The number of hydrogen-bond donors (Lipinski definition) is 1. The Kier molecular flexibility index (Phi) is 4.01. The summed E-state index contributed by atoms with van der Waals surface area (Å²) in [6.07, 6.45) is 2.73. The van der Waals surface area contributed by atoms with Crippen molar-refractivity contribution in [1.29, 1.82) is 0 Å². The van der Waals surface area contributed by atoms with Gasteiger partial charge in [0.1, 0.15) is 18.8 Å². The maximum Gasteiger partial charge on any atom is 0.171 e. The lowest BCUT2D eigenvalue weighted by Crippen LogP contribution is -2.32. The highest BCUT2D eigenvalue weighted by atomic mass is 32.2. The molecule has 0 saturated carbocycles. The molecule has 1 unspecified atom stereocenters. The first-order valence-corrected chi connectivity index (χ1v) is 6.12. The zero-order chi connectivity index (χ0) is 11.4. The molecule has 1 aliphatic rings. The van der Waals surface area contributed by atoms with Crippen LogP contribution in [0.5, 0.6) is 5.75 Å². The normalized spacial score (nSPS) is 24.6. The molecule has 5 heteroatoms. The van der Waals surface area contributed by atoms with Gasteiger partial charge in [-0.3, -0.25) is 0 Å². The van der Waals surface area contributed by atoms with E-state index in [0.29, 0.717) is 29.3 Å². The van der Waals surface area contributed by atoms with E-state index in [-0.39, 0.29) is 12.1 Å². The fraction of sp³-hybridized carbons (Fsp3) is 0.545. The smallest absolute Gasteiger partial charge is 0.171 e. The highest BCUT2D eigenvalue weighted by molar-refractivity contribution is 7.94. The van der Waals surface area contributed by atoms with Gasteiger partial charge in [0.05, 0.1) is 0 Å². The largest absolute Gasteiger partial charge is 0.489 e. The highest BCUT2D eigenvalue weighted by Crippen LogP contribution is 2.27. The third-order valence-electron chi connectivity index (χ3n) is 2.92. The molecule has 88 valence electrons. The van der Waals surface area contributed by atoms with Crippen LogP contribution >= 0.6 is 12.1 Å². The fourth-order valence-corrected chi connectivity index (χ4v) is 2.15.